The Morgan fingerprint density at radius 2 is 1.62 bits per heavy atom. The molecule has 0 saturated carbocycles. The first-order valence-corrected chi connectivity index (χ1v) is 8.95. The molecule has 2 rings (SSSR count). The van der Waals surface area contributed by atoms with E-state index in [0.717, 1.165) is 35.6 Å². The third kappa shape index (κ3) is 6.87. The van der Waals surface area contributed by atoms with Gasteiger partial charge in [-0.2, -0.15) is 0 Å². The molecule has 0 bridgehead atoms. The van der Waals surface area contributed by atoms with Crippen LogP contribution in [0, 0.1) is 18.8 Å². The van der Waals surface area contributed by atoms with E-state index < -0.39 is 0 Å². The van der Waals surface area contributed by atoms with Crippen molar-refractivity contribution in [1.82, 2.24) is 4.98 Å². The van der Waals surface area contributed by atoms with Crippen molar-refractivity contribution in [3.8, 4) is 17.6 Å². The molecule has 2 nitrogen and oxygen atoms in total. The molecule has 2 aromatic rings. The summed E-state index contributed by atoms with van der Waals surface area (Å²) < 4.78 is 5.78. The van der Waals surface area contributed by atoms with Gasteiger partial charge in [0.2, 0.25) is 0 Å². The van der Waals surface area contributed by atoms with Crippen LogP contribution < -0.4 is 4.74 Å². The first kappa shape index (κ1) is 18.1. The molecule has 0 aliphatic heterocycles. The minimum Gasteiger partial charge on any atom is -0.494 e. The zero-order valence-electron chi connectivity index (χ0n) is 14.8. The molecule has 0 radical (unpaired) electrons. The molecule has 1 aromatic carbocycles. The first-order chi connectivity index (χ1) is 11.8. The SMILES string of the molecule is CCCCCCCCOc1ccc(C#Cc2ccc(C)cn2)cc1. The van der Waals surface area contributed by atoms with Gasteiger partial charge >= 0.3 is 0 Å². The second-order valence-corrected chi connectivity index (χ2v) is 6.11. The molecule has 24 heavy (non-hydrogen) atoms. The summed E-state index contributed by atoms with van der Waals surface area (Å²) in [6.45, 7) is 5.06. The lowest BCUT2D eigenvalue weighted by Gasteiger charge is -2.06. The summed E-state index contributed by atoms with van der Waals surface area (Å²) >= 11 is 0. The van der Waals surface area contributed by atoms with E-state index in [1.54, 1.807) is 0 Å². The van der Waals surface area contributed by atoms with Gasteiger partial charge in [0.05, 0.1) is 6.61 Å². The molecular formula is C22H27NO. The van der Waals surface area contributed by atoms with Crippen LogP contribution in [0.4, 0.5) is 0 Å². The van der Waals surface area contributed by atoms with Gasteiger partial charge in [0.15, 0.2) is 0 Å². The van der Waals surface area contributed by atoms with Gasteiger partial charge < -0.3 is 4.74 Å². The molecule has 1 heterocycles. The van der Waals surface area contributed by atoms with E-state index in [1.165, 1.54) is 32.1 Å². The van der Waals surface area contributed by atoms with E-state index in [0.29, 0.717) is 0 Å². The van der Waals surface area contributed by atoms with Crippen molar-refractivity contribution < 1.29 is 4.74 Å². The molecule has 0 saturated heterocycles. The Balaban J connectivity index is 1.74. The van der Waals surface area contributed by atoms with Gasteiger partial charge in [-0.1, -0.05) is 51.0 Å². The van der Waals surface area contributed by atoms with Crippen LogP contribution in [0.1, 0.15) is 62.3 Å². The van der Waals surface area contributed by atoms with E-state index in [1.807, 2.05) is 49.5 Å². The van der Waals surface area contributed by atoms with Crippen LogP contribution in [0.2, 0.25) is 0 Å². The number of hydrogen-bond acceptors (Lipinski definition) is 2. The molecule has 0 fully saturated rings. The first-order valence-electron chi connectivity index (χ1n) is 8.95. The predicted octanol–water partition coefficient (Wildman–Crippen LogP) is 5.53. The van der Waals surface area contributed by atoms with E-state index in [9.17, 15) is 0 Å². The molecule has 126 valence electrons. The molecule has 0 spiro atoms. The van der Waals surface area contributed by atoms with Crippen LogP contribution >= 0.6 is 0 Å². The highest BCUT2D eigenvalue weighted by molar-refractivity contribution is 5.42. The molecule has 2 heteroatoms. The number of benzene rings is 1. The summed E-state index contributed by atoms with van der Waals surface area (Å²) in [4.78, 5) is 4.29. The van der Waals surface area contributed by atoms with Gasteiger partial charge in [-0.05, 0) is 55.2 Å². The maximum Gasteiger partial charge on any atom is 0.119 e. The third-order valence-corrected chi connectivity index (χ3v) is 3.87. The zero-order valence-corrected chi connectivity index (χ0v) is 14.8. The molecule has 0 aliphatic carbocycles. The topological polar surface area (TPSA) is 22.1 Å². The number of nitrogens with zero attached hydrogens (tertiary/aromatic N) is 1. The van der Waals surface area contributed by atoms with Crippen LogP contribution in [-0.4, -0.2) is 11.6 Å². The highest BCUT2D eigenvalue weighted by Gasteiger charge is 1.95. The highest BCUT2D eigenvalue weighted by atomic mass is 16.5. The van der Waals surface area contributed by atoms with Crippen molar-refractivity contribution in [3.05, 3.63) is 59.4 Å². The smallest absolute Gasteiger partial charge is 0.119 e. The van der Waals surface area contributed by atoms with Crippen LogP contribution in [0.25, 0.3) is 0 Å². The van der Waals surface area contributed by atoms with Crippen molar-refractivity contribution in [2.45, 2.75) is 52.4 Å². The largest absolute Gasteiger partial charge is 0.494 e. The summed E-state index contributed by atoms with van der Waals surface area (Å²) in [6.07, 6.45) is 9.53. The number of pyridine rings is 1. The minimum atomic E-state index is 0.795. The van der Waals surface area contributed by atoms with Gasteiger partial charge in [-0.15, -0.1) is 0 Å². The normalized spacial score (nSPS) is 10.1. The monoisotopic (exact) mass is 321 g/mol. The quantitative estimate of drug-likeness (QED) is 0.471. The Hall–Kier alpha value is -2.27. The van der Waals surface area contributed by atoms with Gasteiger partial charge in [0, 0.05) is 11.8 Å². The molecule has 0 aliphatic rings. The highest BCUT2D eigenvalue weighted by Crippen LogP contribution is 2.13. The lowest BCUT2D eigenvalue weighted by molar-refractivity contribution is 0.304. The van der Waals surface area contributed by atoms with Crippen molar-refractivity contribution in [3.63, 3.8) is 0 Å². The number of rotatable bonds is 8. The number of ether oxygens (including phenoxy) is 1. The number of hydrogen-bond donors (Lipinski definition) is 0. The second-order valence-electron chi connectivity index (χ2n) is 6.11. The summed E-state index contributed by atoms with van der Waals surface area (Å²) in [6, 6.07) is 11.9. The minimum absolute atomic E-state index is 0.795. The van der Waals surface area contributed by atoms with Crippen molar-refractivity contribution in [1.29, 1.82) is 0 Å². The van der Waals surface area contributed by atoms with Crippen molar-refractivity contribution in [2.75, 3.05) is 6.61 Å². The maximum absolute atomic E-state index is 5.78. The molecule has 0 amide bonds. The average Bonchev–Trinajstić information content (AvgIpc) is 2.61. The Kier molecular flexibility index (Phi) is 7.90. The van der Waals surface area contributed by atoms with Gasteiger partial charge in [0.1, 0.15) is 11.4 Å². The average molecular weight is 321 g/mol. The predicted molar refractivity (Wildman–Crippen MR) is 100 cm³/mol. The molecule has 0 atom stereocenters. The van der Waals surface area contributed by atoms with Gasteiger partial charge in [0.25, 0.3) is 0 Å². The number of unbranched alkanes of at least 4 members (excludes halogenated alkanes) is 5. The van der Waals surface area contributed by atoms with E-state index in [4.69, 9.17) is 4.74 Å². The van der Waals surface area contributed by atoms with E-state index >= 15 is 0 Å². The summed E-state index contributed by atoms with van der Waals surface area (Å²) in [5.41, 5.74) is 2.92. The number of aryl methyl sites for hydroxylation is 1. The van der Waals surface area contributed by atoms with Crippen molar-refractivity contribution >= 4 is 0 Å². The third-order valence-electron chi connectivity index (χ3n) is 3.87. The fraction of sp³-hybridized carbons (Fsp3) is 0.409. The Morgan fingerprint density at radius 3 is 2.33 bits per heavy atom. The molecule has 0 unspecified atom stereocenters. The summed E-state index contributed by atoms with van der Waals surface area (Å²) in [5.74, 6) is 7.14. The zero-order chi connectivity index (χ0) is 17.0. The van der Waals surface area contributed by atoms with Crippen LogP contribution in [0.15, 0.2) is 42.6 Å². The second kappa shape index (κ2) is 10.5. The van der Waals surface area contributed by atoms with Crippen LogP contribution in [-0.2, 0) is 0 Å². The molecular weight excluding hydrogens is 294 g/mol. The number of aromatic nitrogens is 1. The Morgan fingerprint density at radius 1 is 0.875 bits per heavy atom. The van der Waals surface area contributed by atoms with Gasteiger partial charge in [-0.3, -0.25) is 0 Å². The molecule has 1 aromatic heterocycles. The standard InChI is InChI=1S/C22H27NO/c1-3-4-5-6-7-8-17-24-22-15-11-20(12-16-22)10-14-21-13-9-19(2)18-23-21/h9,11-13,15-16,18H,3-8,17H2,1-2H3. The maximum atomic E-state index is 5.78. The summed E-state index contributed by atoms with van der Waals surface area (Å²) in [5, 5.41) is 0. The molecule has 0 N–H and O–H groups in total. The fourth-order valence-corrected chi connectivity index (χ4v) is 2.38. The van der Waals surface area contributed by atoms with Crippen molar-refractivity contribution in [2.24, 2.45) is 0 Å². The van der Waals surface area contributed by atoms with E-state index in [-0.39, 0.29) is 0 Å². The van der Waals surface area contributed by atoms with E-state index in [2.05, 4.69) is 23.7 Å². The van der Waals surface area contributed by atoms with Crippen LogP contribution in [0.5, 0.6) is 5.75 Å². The lowest BCUT2D eigenvalue weighted by atomic mass is 10.1. The van der Waals surface area contributed by atoms with Gasteiger partial charge in [-0.25, -0.2) is 4.98 Å². The fourth-order valence-electron chi connectivity index (χ4n) is 2.38. The Bertz CT molecular complexity index is 647. The Labute approximate surface area is 146 Å². The lowest BCUT2D eigenvalue weighted by Crippen LogP contribution is -1.97. The van der Waals surface area contributed by atoms with Crippen LogP contribution in [0.3, 0.4) is 0 Å². The summed E-state index contributed by atoms with van der Waals surface area (Å²) in [7, 11) is 0.